The first-order chi connectivity index (χ1) is 20.3. The number of benzene rings is 2. The van der Waals surface area contributed by atoms with E-state index in [1.165, 1.54) is 6.33 Å². The Kier molecular flexibility index (Phi) is 7.36. The number of hydrogen-bond acceptors (Lipinski definition) is 7. The number of nitrogens with zero attached hydrogens (tertiary/aromatic N) is 5. The second kappa shape index (κ2) is 11.3. The SMILES string of the molecule is O=C(N[C@@H](CNc1ncnc2ccccc12)C(=O)O)c1c(Cl)cc2c(c1Cl)CCN(C(=O)c1cc3ccccn3n1)C2. The Morgan fingerprint density at radius 2 is 1.86 bits per heavy atom. The molecule has 212 valence electrons. The lowest BCUT2D eigenvalue weighted by molar-refractivity contribution is -0.138. The predicted octanol–water partition coefficient (Wildman–Crippen LogP) is 4.08. The second-order valence-corrected chi connectivity index (χ2v) is 10.5. The first kappa shape index (κ1) is 27.4. The van der Waals surface area contributed by atoms with E-state index in [2.05, 4.69) is 25.7 Å². The molecule has 0 spiro atoms. The van der Waals surface area contributed by atoms with Crippen LogP contribution in [0.15, 0.2) is 67.1 Å². The lowest BCUT2D eigenvalue weighted by Crippen LogP contribution is -2.45. The van der Waals surface area contributed by atoms with Gasteiger partial charge in [0, 0.05) is 31.2 Å². The van der Waals surface area contributed by atoms with E-state index < -0.39 is 17.9 Å². The summed E-state index contributed by atoms with van der Waals surface area (Å²) in [5.41, 5.74) is 3.19. The molecule has 2 amide bonds. The van der Waals surface area contributed by atoms with Gasteiger partial charge in [0.1, 0.15) is 18.2 Å². The Morgan fingerprint density at radius 3 is 2.67 bits per heavy atom. The minimum absolute atomic E-state index is 0.0176. The highest BCUT2D eigenvalue weighted by atomic mass is 35.5. The van der Waals surface area contributed by atoms with Crippen molar-refractivity contribution in [1.82, 2.24) is 29.8 Å². The van der Waals surface area contributed by atoms with Crippen LogP contribution >= 0.6 is 23.2 Å². The first-order valence-electron chi connectivity index (χ1n) is 13.0. The number of carbonyl (C=O) groups is 3. The number of halogens is 2. The summed E-state index contributed by atoms with van der Waals surface area (Å²) >= 11 is 13.2. The molecule has 1 atom stereocenters. The van der Waals surface area contributed by atoms with Crippen LogP contribution in [-0.4, -0.2) is 66.5 Å². The van der Waals surface area contributed by atoms with Gasteiger partial charge < -0.3 is 20.6 Å². The molecule has 1 aliphatic rings. The van der Waals surface area contributed by atoms with Crippen LogP contribution in [0, 0.1) is 0 Å². The van der Waals surface area contributed by atoms with Gasteiger partial charge >= 0.3 is 5.97 Å². The molecule has 42 heavy (non-hydrogen) atoms. The van der Waals surface area contributed by atoms with Crippen molar-refractivity contribution in [2.45, 2.75) is 19.0 Å². The highest BCUT2D eigenvalue weighted by Crippen LogP contribution is 2.35. The molecule has 0 aliphatic carbocycles. The highest BCUT2D eigenvalue weighted by Gasteiger charge is 2.30. The number of para-hydroxylation sites is 1. The van der Waals surface area contributed by atoms with Crippen molar-refractivity contribution < 1.29 is 19.5 Å². The predicted molar refractivity (Wildman–Crippen MR) is 157 cm³/mol. The van der Waals surface area contributed by atoms with Crippen molar-refractivity contribution in [2.24, 2.45) is 0 Å². The van der Waals surface area contributed by atoms with Crippen LogP contribution in [0.3, 0.4) is 0 Å². The quantitative estimate of drug-likeness (QED) is 0.253. The van der Waals surface area contributed by atoms with Gasteiger partial charge in [-0.3, -0.25) is 9.59 Å². The van der Waals surface area contributed by atoms with Crippen LogP contribution in [0.2, 0.25) is 10.0 Å². The van der Waals surface area contributed by atoms with Gasteiger partial charge in [-0.1, -0.05) is 41.4 Å². The lowest BCUT2D eigenvalue weighted by atomic mass is 9.96. The molecule has 4 heterocycles. The third kappa shape index (κ3) is 5.19. The molecule has 0 radical (unpaired) electrons. The van der Waals surface area contributed by atoms with Gasteiger partial charge in [-0.25, -0.2) is 19.3 Å². The van der Waals surface area contributed by atoms with Crippen LogP contribution in [0.5, 0.6) is 0 Å². The number of aromatic nitrogens is 4. The zero-order chi connectivity index (χ0) is 29.4. The van der Waals surface area contributed by atoms with E-state index in [1.807, 2.05) is 42.5 Å². The number of anilines is 1. The Labute approximate surface area is 249 Å². The van der Waals surface area contributed by atoms with Crippen molar-refractivity contribution in [3.05, 3.63) is 99.6 Å². The molecule has 0 bridgehead atoms. The monoisotopic (exact) mass is 603 g/mol. The Balaban J connectivity index is 1.18. The van der Waals surface area contributed by atoms with Gasteiger partial charge in [-0.05, 0) is 53.9 Å². The molecule has 0 unspecified atom stereocenters. The van der Waals surface area contributed by atoms with Crippen LogP contribution < -0.4 is 10.6 Å². The highest BCUT2D eigenvalue weighted by molar-refractivity contribution is 6.40. The molecule has 0 fully saturated rings. The van der Waals surface area contributed by atoms with Crippen molar-refractivity contribution in [2.75, 3.05) is 18.4 Å². The average molecular weight is 604 g/mol. The smallest absolute Gasteiger partial charge is 0.328 e. The maximum atomic E-state index is 13.3. The molecule has 3 N–H and O–H groups in total. The molecule has 11 nitrogen and oxygen atoms in total. The largest absolute Gasteiger partial charge is 0.480 e. The van der Waals surface area contributed by atoms with Gasteiger partial charge in [-0.2, -0.15) is 5.10 Å². The van der Waals surface area contributed by atoms with Crippen molar-refractivity contribution in [1.29, 1.82) is 0 Å². The van der Waals surface area contributed by atoms with E-state index in [0.29, 0.717) is 46.5 Å². The van der Waals surface area contributed by atoms with Crippen molar-refractivity contribution in [3.63, 3.8) is 0 Å². The second-order valence-electron chi connectivity index (χ2n) is 9.75. The number of pyridine rings is 1. The molecular weight excluding hydrogens is 581 g/mol. The summed E-state index contributed by atoms with van der Waals surface area (Å²) in [6, 6.07) is 14.9. The fraction of sp³-hybridized carbons (Fsp3) is 0.172. The Morgan fingerprint density at radius 1 is 1.05 bits per heavy atom. The molecule has 6 rings (SSSR count). The molecule has 13 heteroatoms. The topological polar surface area (TPSA) is 142 Å². The zero-order valence-corrected chi connectivity index (χ0v) is 23.4. The number of fused-ring (bicyclic) bond motifs is 3. The summed E-state index contributed by atoms with van der Waals surface area (Å²) in [6.45, 7) is 0.441. The minimum atomic E-state index is -1.31. The Bertz CT molecular complexity index is 1840. The summed E-state index contributed by atoms with van der Waals surface area (Å²) in [5.74, 6) is -1.77. The summed E-state index contributed by atoms with van der Waals surface area (Å²) in [6.07, 6.45) is 3.53. The minimum Gasteiger partial charge on any atom is -0.480 e. The number of hydrogen-bond donors (Lipinski definition) is 3. The van der Waals surface area contributed by atoms with E-state index in [0.717, 1.165) is 5.52 Å². The first-order valence-corrected chi connectivity index (χ1v) is 13.8. The molecule has 3 aromatic heterocycles. The van der Waals surface area contributed by atoms with E-state index in [4.69, 9.17) is 23.2 Å². The number of carboxylic acid groups (broad SMARTS) is 1. The summed E-state index contributed by atoms with van der Waals surface area (Å²) in [5, 5.41) is 20.6. The van der Waals surface area contributed by atoms with Gasteiger partial charge in [-0.15, -0.1) is 0 Å². The van der Waals surface area contributed by atoms with Crippen LogP contribution in [0.25, 0.3) is 16.4 Å². The molecule has 0 saturated heterocycles. The number of nitrogens with one attached hydrogen (secondary N) is 2. The average Bonchev–Trinajstić information content (AvgIpc) is 3.43. The zero-order valence-electron chi connectivity index (χ0n) is 21.9. The molecule has 5 aromatic rings. The van der Waals surface area contributed by atoms with Crippen LogP contribution in [0.4, 0.5) is 5.82 Å². The maximum Gasteiger partial charge on any atom is 0.328 e. The standard InChI is InChI=1S/C29H23Cl2N7O4/c30-20-11-16-14-37(28(40)22-12-17-5-3-4-9-38(17)36-22)10-8-18(16)25(31)24(20)27(39)35-23(29(41)42)13-32-26-19-6-1-2-7-21(19)33-15-34-26/h1-7,9,11-12,15,23H,8,10,13-14H2,(H,35,39)(H,41,42)(H,32,33,34)/t23-/m0/s1. The van der Waals surface area contributed by atoms with Gasteiger partial charge in [0.15, 0.2) is 5.69 Å². The molecule has 0 saturated carbocycles. The van der Waals surface area contributed by atoms with Crippen molar-refractivity contribution in [3.8, 4) is 0 Å². The summed E-state index contributed by atoms with van der Waals surface area (Å²) < 4.78 is 1.64. The number of aliphatic carboxylic acids is 1. The Hall–Kier alpha value is -4.74. The maximum absolute atomic E-state index is 13.3. The van der Waals surface area contributed by atoms with Gasteiger partial charge in [0.25, 0.3) is 11.8 Å². The van der Waals surface area contributed by atoms with Crippen LogP contribution in [-0.2, 0) is 17.8 Å². The third-order valence-corrected chi connectivity index (χ3v) is 7.84. The van der Waals surface area contributed by atoms with Gasteiger partial charge in [0.2, 0.25) is 0 Å². The normalized spacial score (nSPS) is 13.5. The number of carbonyl (C=O) groups excluding carboxylic acids is 2. The molecular formula is C29H23Cl2N7O4. The number of carboxylic acids is 1. The summed E-state index contributed by atoms with van der Waals surface area (Å²) in [4.78, 5) is 48.6. The molecule has 2 aromatic carbocycles. The van der Waals surface area contributed by atoms with E-state index in [1.54, 1.807) is 27.7 Å². The lowest BCUT2D eigenvalue weighted by Gasteiger charge is -2.30. The van der Waals surface area contributed by atoms with Crippen LogP contribution in [0.1, 0.15) is 32.0 Å². The van der Waals surface area contributed by atoms with Gasteiger partial charge in [0.05, 0.1) is 26.6 Å². The van der Waals surface area contributed by atoms with E-state index >= 15 is 0 Å². The fourth-order valence-electron chi connectivity index (χ4n) is 5.01. The van der Waals surface area contributed by atoms with E-state index in [9.17, 15) is 19.5 Å². The van der Waals surface area contributed by atoms with Crippen molar-refractivity contribution >= 4 is 63.2 Å². The number of rotatable bonds is 7. The van der Waals surface area contributed by atoms with E-state index in [-0.39, 0.29) is 34.6 Å². The number of amides is 2. The fourth-order valence-corrected chi connectivity index (χ4v) is 5.78. The molecule has 1 aliphatic heterocycles. The summed E-state index contributed by atoms with van der Waals surface area (Å²) in [7, 11) is 0. The third-order valence-electron chi connectivity index (χ3n) is 7.13.